The van der Waals surface area contributed by atoms with Gasteiger partial charge >= 0.3 is 0 Å². The molecule has 0 amide bonds. The summed E-state index contributed by atoms with van der Waals surface area (Å²) in [6, 6.07) is 4.96. The molecule has 1 saturated carbocycles. The van der Waals surface area contributed by atoms with E-state index in [2.05, 4.69) is 4.98 Å². The van der Waals surface area contributed by atoms with Gasteiger partial charge in [0.1, 0.15) is 5.52 Å². The van der Waals surface area contributed by atoms with Crippen molar-refractivity contribution in [2.24, 2.45) is 0 Å². The molecule has 1 aliphatic carbocycles. The Labute approximate surface area is 119 Å². The molecule has 0 spiro atoms. The standard InChI is InChI=1S/C15H19NO3S/c1-2-20(17,18)12-8-9-14-13(10-12)16-15(19-14)11-6-4-3-5-7-11/h8-11H,2-7H2,1H3. The van der Waals surface area contributed by atoms with Gasteiger partial charge in [-0.1, -0.05) is 26.2 Å². The zero-order chi connectivity index (χ0) is 14.2. The Balaban J connectivity index is 1.99. The lowest BCUT2D eigenvalue weighted by Gasteiger charge is -2.17. The highest BCUT2D eigenvalue weighted by molar-refractivity contribution is 7.91. The molecular weight excluding hydrogens is 274 g/mol. The molecular formula is C15H19NO3S. The van der Waals surface area contributed by atoms with Gasteiger partial charge in [0.25, 0.3) is 0 Å². The highest BCUT2D eigenvalue weighted by Gasteiger charge is 2.21. The Morgan fingerprint density at radius 3 is 2.70 bits per heavy atom. The fourth-order valence-electron chi connectivity index (χ4n) is 2.81. The zero-order valence-electron chi connectivity index (χ0n) is 11.6. The van der Waals surface area contributed by atoms with Gasteiger partial charge in [-0.2, -0.15) is 0 Å². The predicted octanol–water partition coefficient (Wildman–Crippen LogP) is 3.67. The monoisotopic (exact) mass is 293 g/mol. The summed E-state index contributed by atoms with van der Waals surface area (Å²) in [5.41, 5.74) is 1.33. The van der Waals surface area contributed by atoms with Gasteiger partial charge in [0.2, 0.25) is 0 Å². The average molecular weight is 293 g/mol. The average Bonchev–Trinajstić information content (AvgIpc) is 2.91. The largest absolute Gasteiger partial charge is 0.440 e. The first-order chi connectivity index (χ1) is 9.60. The maximum Gasteiger partial charge on any atom is 0.198 e. The molecule has 0 atom stereocenters. The number of hydrogen-bond acceptors (Lipinski definition) is 4. The van der Waals surface area contributed by atoms with Crippen LogP contribution in [0.5, 0.6) is 0 Å². The van der Waals surface area contributed by atoms with Crippen molar-refractivity contribution in [2.45, 2.75) is 49.8 Å². The number of oxazole rings is 1. The van der Waals surface area contributed by atoms with E-state index in [1.165, 1.54) is 19.3 Å². The van der Waals surface area contributed by atoms with Crippen LogP contribution in [0.15, 0.2) is 27.5 Å². The summed E-state index contributed by atoms with van der Waals surface area (Å²) in [6.07, 6.45) is 5.97. The van der Waals surface area contributed by atoms with Gasteiger partial charge in [0, 0.05) is 5.92 Å². The quantitative estimate of drug-likeness (QED) is 0.866. The van der Waals surface area contributed by atoms with Gasteiger partial charge in [0.15, 0.2) is 21.3 Å². The summed E-state index contributed by atoms with van der Waals surface area (Å²) < 4.78 is 29.6. The van der Waals surface area contributed by atoms with E-state index < -0.39 is 9.84 Å². The van der Waals surface area contributed by atoms with E-state index in [0.29, 0.717) is 21.9 Å². The van der Waals surface area contributed by atoms with Crippen LogP contribution in [0.25, 0.3) is 11.1 Å². The first-order valence-electron chi connectivity index (χ1n) is 7.23. The number of benzene rings is 1. The Morgan fingerprint density at radius 1 is 1.25 bits per heavy atom. The fourth-order valence-corrected chi connectivity index (χ4v) is 3.71. The molecule has 0 unspecified atom stereocenters. The van der Waals surface area contributed by atoms with E-state index in [1.54, 1.807) is 25.1 Å². The van der Waals surface area contributed by atoms with Gasteiger partial charge in [-0.15, -0.1) is 0 Å². The van der Waals surface area contributed by atoms with Crippen LogP contribution >= 0.6 is 0 Å². The molecule has 1 heterocycles. The Hall–Kier alpha value is -1.36. The van der Waals surface area contributed by atoms with Crippen molar-refractivity contribution in [2.75, 3.05) is 5.75 Å². The number of hydrogen-bond donors (Lipinski definition) is 0. The molecule has 20 heavy (non-hydrogen) atoms. The number of aromatic nitrogens is 1. The van der Waals surface area contributed by atoms with Crippen LogP contribution in [0.1, 0.15) is 50.8 Å². The lowest BCUT2D eigenvalue weighted by molar-refractivity contribution is 0.373. The van der Waals surface area contributed by atoms with Gasteiger partial charge in [-0.3, -0.25) is 0 Å². The van der Waals surface area contributed by atoms with E-state index in [1.807, 2.05) is 0 Å². The minimum absolute atomic E-state index is 0.103. The third-order valence-corrected chi connectivity index (χ3v) is 5.80. The van der Waals surface area contributed by atoms with E-state index in [4.69, 9.17) is 4.42 Å². The molecule has 1 aromatic heterocycles. The van der Waals surface area contributed by atoms with Crippen LogP contribution < -0.4 is 0 Å². The van der Waals surface area contributed by atoms with E-state index in [9.17, 15) is 8.42 Å². The maximum absolute atomic E-state index is 11.9. The second-order valence-electron chi connectivity index (χ2n) is 5.42. The SMILES string of the molecule is CCS(=O)(=O)c1ccc2oc(C3CCCCC3)nc2c1. The van der Waals surface area contributed by atoms with Gasteiger partial charge in [0.05, 0.1) is 10.6 Å². The molecule has 1 aliphatic rings. The normalized spacial score (nSPS) is 17.6. The molecule has 0 N–H and O–H groups in total. The van der Waals surface area contributed by atoms with Crippen LogP contribution in [-0.4, -0.2) is 19.2 Å². The Kier molecular flexibility index (Phi) is 3.54. The Morgan fingerprint density at radius 2 is 2.00 bits per heavy atom. The molecule has 0 bridgehead atoms. The van der Waals surface area contributed by atoms with Crippen molar-refractivity contribution in [1.29, 1.82) is 0 Å². The number of nitrogens with zero attached hydrogens (tertiary/aromatic N) is 1. The molecule has 0 radical (unpaired) electrons. The van der Waals surface area contributed by atoms with Crippen molar-refractivity contribution < 1.29 is 12.8 Å². The van der Waals surface area contributed by atoms with Crippen molar-refractivity contribution in [3.8, 4) is 0 Å². The minimum Gasteiger partial charge on any atom is -0.440 e. The summed E-state index contributed by atoms with van der Waals surface area (Å²) in [7, 11) is -3.19. The van der Waals surface area contributed by atoms with Crippen molar-refractivity contribution in [1.82, 2.24) is 4.98 Å². The van der Waals surface area contributed by atoms with Crippen LogP contribution in [0, 0.1) is 0 Å². The van der Waals surface area contributed by atoms with Crippen LogP contribution in [0.3, 0.4) is 0 Å². The second-order valence-corrected chi connectivity index (χ2v) is 7.70. The molecule has 4 nitrogen and oxygen atoms in total. The third-order valence-electron chi connectivity index (χ3n) is 4.07. The van der Waals surface area contributed by atoms with Crippen molar-refractivity contribution in [3.63, 3.8) is 0 Å². The van der Waals surface area contributed by atoms with Crippen LogP contribution in [0.4, 0.5) is 0 Å². The zero-order valence-corrected chi connectivity index (χ0v) is 12.4. The molecule has 1 fully saturated rings. The van der Waals surface area contributed by atoms with E-state index in [-0.39, 0.29) is 5.75 Å². The summed E-state index contributed by atoms with van der Waals surface area (Å²) in [4.78, 5) is 4.84. The lowest BCUT2D eigenvalue weighted by atomic mass is 9.89. The van der Waals surface area contributed by atoms with Gasteiger partial charge in [-0.25, -0.2) is 13.4 Å². The highest BCUT2D eigenvalue weighted by Crippen LogP contribution is 2.34. The lowest BCUT2D eigenvalue weighted by Crippen LogP contribution is -2.04. The fraction of sp³-hybridized carbons (Fsp3) is 0.533. The van der Waals surface area contributed by atoms with E-state index >= 15 is 0 Å². The van der Waals surface area contributed by atoms with Gasteiger partial charge in [-0.05, 0) is 31.0 Å². The smallest absolute Gasteiger partial charge is 0.198 e. The molecule has 0 aliphatic heterocycles. The number of fused-ring (bicyclic) bond motifs is 1. The van der Waals surface area contributed by atoms with Crippen LogP contribution in [-0.2, 0) is 9.84 Å². The summed E-state index contributed by atoms with van der Waals surface area (Å²) >= 11 is 0. The highest BCUT2D eigenvalue weighted by atomic mass is 32.2. The predicted molar refractivity (Wildman–Crippen MR) is 77.6 cm³/mol. The summed E-state index contributed by atoms with van der Waals surface area (Å²) in [6.45, 7) is 1.65. The molecule has 5 heteroatoms. The number of rotatable bonds is 3. The maximum atomic E-state index is 11.9. The molecule has 0 saturated heterocycles. The van der Waals surface area contributed by atoms with Crippen LogP contribution in [0.2, 0.25) is 0 Å². The van der Waals surface area contributed by atoms with E-state index in [0.717, 1.165) is 18.7 Å². The van der Waals surface area contributed by atoms with Crippen molar-refractivity contribution in [3.05, 3.63) is 24.1 Å². The molecule has 2 aromatic rings. The third kappa shape index (κ3) is 2.46. The topological polar surface area (TPSA) is 60.2 Å². The van der Waals surface area contributed by atoms with Gasteiger partial charge < -0.3 is 4.42 Å². The van der Waals surface area contributed by atoms with Crippen molar-refractivity contribution >= 4 is 20.9 Å². The minimum atomic E-state index is -3.19. The molecule has 108 valence electrons. The number of sulfone groups is 1. The molecule has 3 rings (SSSR count). The summed E-state index contributed by atoms with van der Waals surface area (Å²) in [5.74, 6) is 1.26. The first-order valence-corrected chi connectivity index (χ1v) is 8.88. The Bertz CT molecular complexity index is 712. The molecule has 1 aromatic carbocycles. The summed E-state index contributed by atoms with van der Waals surface area (Å²) in [5, 5.41) is 0. The second kappa shape index (κ2) is 5.20. The first kappa shape index (κ1) is 13.6.